The molecule has 0 aliphatic rings. The molecule has 0 unspecified atom stereocenters. The summed E-state index contributed by atoms with van der Waals surface area (Å²) in [6.45, 7) is 0. The summed E-state index contributed by atoms with van der Waals surface area (Å²) in [4.78, 5) is 2.41. The van der Waals surface area contributed by atoms with Gasteiger partial charge in [-0.05, 0) is 121 Å². The molecule has 0 amide bonds. The number of nitrogens with two attached hydrogens (primary N) is 3. The summed E-state index contributed by atoms with van der Waals surface area (Å²) in [7, 11) is 0. The van der Waals surface area contributed by atoms with Crippen molar-refractivity contribution >= 4 is 88.0 Å². The molecule has 0 aliphatic heterocycles. The molecule has 9 rings (SSSR count). The fourth-order valence-corrected chi connectivity index (χ4v) is 7.27. The topological polar surface area (TPSA) is 81.3 Å². The summed E-state index contributed by atoms with van der Waals surface area (Å²) in [6.07, 6.45) is 0. The van der Waals surface area contributed by atoms with Crippen LogP contribution in [0.15, 0.2) is 158 Å². The van der Waals surface area contributed by atoms with Crippen LogP contribution in [-0.4, -0.2) is 0 Å². The van der Waals surface area contributed by atoms with E-state index in [-0.39, 0.29) is 0 Å². The van der Waals surface area contributed by atoms with Crippen molar-refractivity contribution in [3.8, 4) is 11.1 Å². The molecular formula is C44H32N4. The SMILES string of the molecule is Nc1ccc2cc(-c3c4ccccc4c(N(c4ccc5cc(N)ccc5c4)c4ccc5cc(N)ccc5c4)c4ccccc34)ccc2c1. The number of nitrogen functional groups attached to an aromatic ring is 3. The van der Waals surface area contributed by atoms with Crippen molar-refractivity contribution in [2.45, 2.75) is 0 Å². The first-order valence-corrected chi connectivity index (χ1v) is 16.1. The highest BCUT2D eigenvalue weighted by Gasteiger charge is 2.22. The van der Waals surface area contributed by atoms with Gasteiger partial charge in [0.15, 0.2) is 0 Å². The van der Waals surface area contributed by atoms with E-state index >= 15 is 0 Å². The molecule has 0 fully saturated rings. The average molecular weight is 617 g/mol. The van der Waals surface area contributed by atoms with Crippen LogP contribution in [0.4, 0.5) is 34.1 Å². The van der Waals surface area contributed by atoms with Gasteiger partial charge in [0.1, 0.15) is 0 Å². The Morgan fingerprint density at radius 2 is 0.708 bits per heavy atom. The highest BCUT2D eigenvalue weighted by Crippen LogP contribution is 2.49. The Morgan fingerprint density at radius 1 is 0.333 bits per heavy atom. The molecule has 0 aromatic heterocycles. The molecule has 0 atom stereocenters. The first-order valence-electron chi connectivity index (χ1n) is 16.1. The first-order chi connectivity index (χ1) is 23.5. The summed E-state index contributed by atoms with van der Waals surface area (Å²) >= 11 is 0. The van der Waals surface area contributed by atoms with E-state index in [1.807, 2.05) is 36.4 Å². The van der Waals surface area contributed by atoms with Gasteiger partial charge in [-0.15, -0.1) is 0 Å². The minimum atomic E-state index is 0.755. The fraction of sp³-hybridized carbons (Fsp3) is 0. The molecule has 48 heavy (non-hydrogen) atoms. The molecule has 4 nitrogen and oxygen atoms in total. The highest BCUT2D eigenvalue weighted by molar-refractivity contribution is 6.23. The maximum atomic E-state index is 6.17. The molecule has 0 bridgehead atoms. The van der Waals surface area contributed by atoms with Crippen LogP contribution < -0.4 is 22.1 Å². The van der Waals surface area contributed by atoms with Crippen LogP contribution in [0.1, 0.15) is 0 Å². The van der Waals surface area contributed by atoms with Gasteiger partial charge in [0.05, 0.1) is 5.69 Å². The van der Waals surface area contributed by atoms with Gasteiger partial charge < -0.3 is 22.1 Å². The Bertz CT molecular complexity index is 2590. The zero-order chi connectivity index (χ0) is 32.4. The van der Waals surface area contributed by atoms with Crippen molar-refractivity contribution in [2.75, 3.05) is 22.1 Å². The van der Waals surface area contributed by atoms with Crippen LogP contribution in [0, 0.1) is 0 Å². The Kier molecular flexibility index (Phi) is 6.24. The van der Waals surface area contributed by atoms with Gasteiger partial charge in [0.25, 0.3) is 0 Å². The fourth-order valence-electron chi connectivity index (χ4n) is 7.27. The molecule has 0 radical (unpaired) electrons. The third-order valence-electron chi connectivity index (χ3n) is 9.49. The highest BCUT2D eigenvalue weighted by atomic mass is 15.1. The predicted octanol–water partition coefficient (Wildman–Crippen LogP) is 11.3. The van der Waals surface area contributed by atoms with Crippen molar-refractivity contribution in [1.29, 1.82) is 0 Å². The maximum absolute atomic E-state index is 6.17. The van der Waals surface area contributed by atoms with Crippen molar-refractivity contribution in [3.63, 3.8) is 0 Å². The summed E-state index contributed by atoms with van der Waals surface area (Å²) in [5, 5.41) is 11.5. The van der Waals surface area contributed by atoms with Crippen LogP contribution in [0.2, 0.25) is 0 Å². The third kappa shape index (κ3) is 4.54. The first kappa shape index (κ1) is 27.8. The van der Waals surface area contributed by atoms with E-state index in [9.17, 15) is 0 Å². The molecule has 0 saturated heterocycles. The van der Waals surface area contributed by atoms with E-state index in [0.29, 0.717) is 0 Å². The number of hydrogen-bond acceptors (Lipinski definition) is 4. The van der Waals surface area contributed by atoms with Crippen LogP contribution in [0.5, 0.6) is 0 Å². The largest absolute Gasteiger partial charge is 0.399 e. The molecule has 9 aromatic carbocycles. The lowest BCUT2D eigenvalue weighted by Gasteiger charge is -2.30. The summed E-state index contributed by atoms with van der Waals surface area (Å²) in [6, 6.07) is 55.8. The van der Waals surface area contributed by atoms with Gasteiger partial charge >= 0.3 is 0 Å². The van der Waals surface area contributed by atoms with Crippen molar-refractivity contribution < 1.29 is 0 Å². The van der Waals surface area contributed by atoms with Gasteiger partial charge in [-0.1, -0.05) is 91.0 Å². The summed E-state index contributed by atoms with van der Waals surface area (Å²) in [5.41, 5.74) is 26.4. The van der Waals surface area contributed by atoms with E-state index in [1.54, 1.807) is 0 Å². The third-order valence-corrected chi connectivity index (χ3v) is 9.49. The summed E-state index contributed by atoms with van der Waals surface area (Å²) in [5.74, 6) is 0. The van der Waals surface area contributed by atoms with Crippen LogP contribution in [-0.2, 0) is 0 Å². The molecule has 0 heterocycles. The van der Waals surface area contributed by atoms with E-state index in [0.717, 1.165) is 66.4 Å². The van der Waals surface area contributed by atoms with E-state index in [1.165, 1.54) is 32.7 Å². The number of fused-ring (bicyclic) bond motifs is 5. The summed E-state index contributed by atoms with van der Waals surface area (Å²) < 4.78 is 0. The number of anilines is 6. The van der Waals surface area contributed by atoms with Gasteiger partial charge in [0.2, 0.25) is 0 Å². The Balaban J connectivity index is 1.37. The minimum Gasteiger partial charge on any atom is -0.399 e. The average Bonchev–Trinajstić information content (AvgIpc) is 3.11. The zero-order valence-electron chi connectivity index (χ0n) is 26.2. The quantitative estimate of drug-likeness (QED) is 0.136. The minimum absolute atomic E-state index is 0.755. The monoisotopic (exact) mass is 616 g/mol. The predicted molar refractivity (Wildman–Crippen MR) is 207 cm³/mol. The second-order valence-electron chi connectivity index (χ2n) is 12.6. The smallest absolute Gasteiger partial charge is 0.0618 e. The van der Waals surface area contributed by atoms with E-state index in [4.69, 9.17) is 17.2 Å². The van der Waals surface area contributed by atoms with Crippen molar-refractivity contribution in [1.82, 2.24) is 0 Å². The lowest BCUT2D eigenvalue weighted by Crippen LogP contribution is -2.11. The Hall–Kier alpha value is -6.52. The van der Waals surface area contributed by atoms with Crippen LogP contribution in [0.3, 0.4) is 0 Å². The lowest BCUT2D eigenvalue weighted by atomic mass is 9.89. The molecule has 0 spiro atoms. The molecule has 9 aromatic rings. The van der Waals surface area contributed by atoms with Crippen LogP contribution >= 0.6 is 0 Å². The van der Waals surface area contributed by atoms with Crippen molar-refractivity contribution in [3.05, 3.63) is 158 Å². The lowest BCUT2D eigenvalue weighted by molar-refractivity contribution is 1.32. The molecular weight excluding hydrogens is 585 g/mol. The molecule has 0 aliphatic carbocycles. The zero-order valence-corrected chi connectivity index (χ0v) is 26.2. The second kappa shape index (κ2) is 10.8. The van der Waals surface area contributed by atoms with Gasteiger partial charge in [-0.2, -0.15) is 0 Å². The Morgan fingerprint density at radius 3 is 1.19 bits per heavy atom. The number of nitrogens with zero attached hydrogens (tertiary/aromatic N) is 1. The van der Waals surface area contributed by atoms with E-state index in [2.05, 4.69) is 126 Å². The van der Waals surface area contributed by atoms with Gasteiger partial charge in [-0.25, -0.2) is 0 Å². The number of hydrogen-bond donors (Lipinski definition) is 3. The standard InChI is InChI=1S/C44H32N4/c45-34-16-11-27-21-33(10-9-28(27)22-34)43-39-5-1-3-7-41(39)44(42-8-4-2-6-40(42)43)48(37-19-14-29-23-35(46)17-12-31(29)25-37)38-20-15-30-24-36(47)18-13-32(30)26-38/h1-26H,45-47H2. The maximum Gasteiger partial charge on any atom is 0.0618 e. The molecule has 228 valence electrons. The van der Waals surface area contributed by atoms with Crippen LogP contribution in [0.25, 0.3) is 65.0 Å². The molecule has 0 saturated carbocycles. The van der Waals surface area contributed by atoms with Gasteiger partial charge in [-0.3, -0.25) is 0 Å². The molecule has 4 heteroatoms. The second-order valence-corrected chi connectivity index (χ2v) is 12.6. The van der Waals surface area contributed by atoms with E-state index < -0.39 is 0 Å². The van der Waals surface area contributed by atoms with Gasteiger partial charge in [0, 0.05) is 39.2 Å². The Labute approximate surface area is 278 Å². The number of rotatable bonds is 4. The normalized spacial score (nSPS) is 11.6. The number of benzene rings is 9. The molecule has 6 N–H and O–H groups in total. The van der Waals surface area contributed by atoms with Crippen molar-refractivity contribution in [2.24, 2.45) is 0 Å².